The largest absolute Gasteiger partial charge is 0.326 e. The molecule has 1 aromatic carbocycles. The molecule has 0 radical (unpaired) electrons. The number of unbranched alkanes of at least 4 members (excludes halogenated alkanes) is 1. The molecule has 0 saturated carbocycles. The molecule has 2 N–H and O–H groups in total. The van der Waals surface area contributed by atoms with Gasteiger partial charge in [-0.3, -0.25) is 14.3 Å². The lowest BCUT2D eigenvalue weighted by atomic mass is 10.1. The van der Waals surface area contributed by atoms with Crippen molar-refractivity contribution in [3.8, 4) is 0 Å². The quantitative estimate of drug-likeness (QED) is 0.749. The Morgan fingerprint density at radius 2 is 1.88 bits per heavy atom. The number of hydrogen-bond donors (Lipinski definition) is 2. The van der Waals surface area contributed by atoms with Crippen LogP contribution in [0.2, 0.25) is 0 Å². The minimum Gasteiger partial charge on any atom is -0.326 e. The molecule has 0 fully saturated rings. The van der Waals surface area contributed by atoms with Crippen molar-refractivity contribution in [2.45, 2.75) is 52.9 Å². The average molecular weight is 356 g/mol. The SMILES string of the molecule is CCCCC(=O)Nc1ccc(NC(=O)c2cc(CCC)nn2C)cc1C. The number of amides is 2. The van der Waals surface area contributed by atoms with Gasteiger partial charge in [-0.2, -0.15) is 5.10 Å². The number of anilines is 2. The van der Waals surface area contributed by atoms with E-state index in [9.17, 15) is 9.59 Å². The lowest BCUT2D eigenvalue weighted by Gasteiger charge is -2.11. The molecule has 0 saturated heterocycles. The highest BCUT2D eigenvalue weighted by molar-refractivity contribution is 6.03. The van der Waals surface area contributed by atoms with Crippen molar-refractivity contribution in [1.82, 2.24) is 9.78 Å². The van der Waals surface area contributed by atoms with Gasteiger partial charge in [-0.25, -0.2) is 0 Å². The van der Waals surface area contributed by atoms with E-state index in [-0.39, 0.29) is 11.8 Å². The summed E-state index contributed by atoms with van der Waals surface area (Å²) in [5, 5.41) is 10.2. The van der Waals surface area contributed by atoms with E-state index in [1.54, 1.807) is 17.8 Å². The van der Waals surface area contributed by atoms with Crippen molar-refractivity contribution in [2.75, 3.05) is 10.6 Å². The van der Waals surface area contributed by atoms with Crippen LogP contribution in [0.3, 0.4) is 0 Å². The van der Waals surface area contributed by atoms with Crippen molar-refractivity contribution >= 4 is 23.2 Å². The standard InChI is InChI=1S/C20H28N4O2/c1-5-7-9-19(25)22-17-11-10-15(12-14(17)3)21-20(26)18-13-16(8-6-2)23-24(18)4/h10-13H,5-9H2,1-4H3,(H,21,26)(H,22,25). The van der Waals surface area contributed by atoms with Crippen LogP contribution in [-0.2, 0) is 18.3 Å². The molecule has 2 rings (SSSR count). The van der Waals surface area contributed by atoms with Crippen molar-refractivity contribution in [3.05, 3.63) is 41.2 Å². The molecular weight excluding hydrogens is 328 g/mol. The van der Waals surface area contributed by atoms with Gasteiger partial charge in [-0.15, -0.1) is 0 Å². The molecule has 26 heavy (non-hydrogen) atoms. The summed E-state index contributed by atoms with van der Waals surface area (Å²) in [6.45, 7) is 6.05. The Balaban J connectivity index is 2.05. The molecule has 0 bridgehead atoms. The second-order valence-corrected chi connectivity index (χ2v) is 6.53. The number of carbonyl (C=O) groups excluding carboxylic acids is 2. The first-order valence-corrected chi connectivity index (χ1v) is 9.19. The second kappa shape index (κ2) is 9.17. The lowest BCUT2D eigenvalue weighted by molar-refractivity contribution is -0.116. The summed E-state index contributed by atoms with van der Waals surface area (Å²) in [4.78, 5) is 24.4. The Hall–Kier alpha value is -2.63. The average Bonchev–Trinajstić information content (AvgIpc) is 2.96. The molecule has 0 aliphatic carbocycles. The van der Waals surface area contributed by atoms with E-state index in [0.29, 0.717) is 17.8 Å². The fourth-order valence-corrected chi connectivity index (χ4v) is 2.74. The highest BCUT2D eigenvalue weighted by atomic mass is 16.2. The van der Waals surface area contributed by atoms with E-state index >= 15 is 0 Å². The van der Waals surface area contributed by atoms with E-state index in [1.807, 2.05) is 25.1 Å². The second-order valence-electron chi connectivity index (χ2n) is 6.53. The number of hydrogen-bond acceptors (Lipinski definition) is 3. The molecule has 6 heteroatoms. The van der Waals surface area contributed by atoms with Crippen LogP contribution in [0, 0.1) is 6.92 Å². The third-order valence-corrected chi connectivity index (χ3v) is 4.18. The molecule has 140 valence electrons. The fourth-order valence-electron chi connectivity index (χ4n) is 2.74. The van der Waals surface area contributed by atoms with Crippen LogP contribution in [0.5, 0.6) is 0 Å². The number of rotatable bonds is 8. The van der Waals surface area contributed by atoms with Gasteiger partial charge in [-0.1, -0.05) is 26.7 Å². The van der Waals surface area contributed by atoms with E-state index in [0.717, 1.165) is 42.6 Å². The van der Waals surface area contributed by atoms with Crippen molar-refractivity contribution in [3.63, 3.8) is 0 Å². The molecular formula is C20H28N4O2. The highest BCUT2D eigenvalue weighted by Gasteiger charge is 2.14. The van der Waals surface area contributed by atoms with Crippen molar-refractivity contribution in [2.24, 2.45) is 7.05 Å². The molecule has 2 aromatic rings. The van der Waals surface area contributed by atoms with E-state index in [1.165, 1.54) is 0 Å². The van der Waals surface area contributed by atoms with Gasteiger partial charge in [0, 0.05) is 24.8 Å². The minimum atomic E-state index is -0.193. The maximum Gasteiger partial charge on any atom is 0.273 e. The summed E-state index contributed by atoms with van der Waals surface area (Å²) < 4.78 is 1.61. The maximum atomic E-state index is 12.5. The molecule has 0 spiro atoms. The highest BCUT2D eigenvalue weighted by Crippen LogP contribution is 2.21. The summed E-state index contributed by atoms with van der Waals surface area (Å²) in [5.41, 5.74) is 3.82. The van der Waals surface area contributed by atoms with Crippen LogP contribution >= 0.6 is 0 Å². The molecule has 0 unspecified atom stereocenters. The molecule has 2 amide bonds. The van der Waals surface area contributed by atoms with Crippen LogP contribution in [0.1, 0.15) is 61.3 Å². The number of aryl methyl sites for hydroxylation is 3. The van der Waals surface area contributed by atoms with E-state index < -0.39 is 0 Å². The smallest absolute Gasteiger partial charge is 0.273 e. The third-order valence-electron chi connectivity index (χ3n) is 4.18. The number of carbonyl (C=O) groups is 2. The summed E-state index contributed by atoms with van der Waals surface area (Å²) in [6.07, 6.45) is 4.24. The van der Waals surface area contributed by atoms with Crippen molar-refractivity contribution in [1.29, 1.82) is 0 Å². The topological polar surface area (TPSA) is 76.0 Å². The third kappa shape index (κ3) is 5.18. The molecule has 0 atom stereocenters. The number of aromatic nitrogens is 2. The van der Waals surface area contributed by atoms with Crippen LogP contribution in [0.4, 0.5) is 11.4 Å². The summed E-state index contributed by atoms with van der Waals surface area (Å²) in [7, 11) is 1.77. The van der Waals surface area contributed by atoms with Crippen LogP contribution in [-0.4, -0.2) is 21.6 Å². The van der Waals surface area contributed by atoms with Gasteiger partial charge in [0.15, 0.2) is 0 Å². The van der Waals surface area contributed by atoms with Gasteiger partial charge in [0.1, 0.15) is 5.69 Å². The summed E-state index contributed by atoms with van der Waals surface area (Å²) >= 11 is 0. The Morgan fingerprint density at radius 3 is 2.54 bits per heavy atom. The van der Waals surface area contributed by atoms with Gasteiger partial charge >= 0.3 is 0 Å². The fraction of sp³-hybridized carbons (Fsp3) is 0.450. The molecule has 0 aliphatic rings. The van der Waals surface area contributed by atoms with Crippen molar-refractivity contribution < 1.29 is 9.59 Å². The molecule has 0 aliphatic heterocycles. The van der Waals surface area contributed by atoms with Crippen LogP contribution in [0.25, 0.3) is 0 Å². The zero-order valence-corrected chi connectivity index (χ0v) is 16.1. The molecule has 6 nitrogen and oxygen atoms in total. The molecule has 1 aromatic heterocycles. The normalized spacial score (nSPS) is 10.6. The van der Waals surface area contributed by atoms with E-state index in [2.05, 4.69) is 29.6 Å². The monoisotopic (exact) mass is 356 g/mol. The van der Waals surface area contributed by atoms with Gasteiger partial charge in [0.05, 0.1) is 5.69 Å². The maximum absolute atomic E-state index is 12.5. The number of benzene rings is 1. The zero-order chi connectivity index (χ0) is 19.1. The van der Waals surface area contributed by atoms with Gasteiger partial charge in [0.25, 0.3) is 5.91 Å². The predicted molar refractivity (Wildman–Crippen MR) is 104 cm³/mol. The zero-order valence-electron chi connectivity index (χ0n) is 16.1. The first-order valence-electron chi connectivity index (χ1n) is 9.19. The van der Waals surface area contributed by atoms with Gasteiger partial charge in [0.2, 0.25) is 5.91 Å². The predicted octanol–water partition coefficient (Wildman–Crippen LogP) is 4.06. The summed E-state index contributed by atoms with van der Waals surface area (Å²) in [5.74, 6) is -0.174. The lowest BCUT2D eigenvalue weighted by Crippen LogP contribution is -2.16. The Labute approximate surface area is 155 Å². The van der Waals surface area contributed by atoms with Crippen LogP contribution in [0.15, 0.2) is 24.3 Å². The van der Waals surface area contributed by atoms with Gasteiger partial charge < -0.3 is 10.6 Å². The molecule has 1 heterocycles. The first-order chi connectivity index (χ1) is 12.4. The summed E-state index contributed by atoms with van der Waals surface area (Å²) in [6, 6.07) is 7.30. The number of nitrogens with zero attached hydrogens (tertiary/aromatic N) is 2. The minimum absolute atomic E-state index is 0.0186. The Morgan fingerprint density at radius 1 is 1.12 bits per heavy atom. The Bertz CT molecular complexity index is 780. The first kappa shape index (κ1) is 19.7. The van der Waals surface area contributed by atoms with Gasteiger partial charge in [-0.05, 0) is 49.6 Å². The van der Waals surface area contributed by atoms with E-state index in [4.69, 9.17) is 0 Å². The van der Waals surface area contributed by atoms with Crippen LogP contribution < -0.4 is 10.6 Å². The number of nitrogens with one attached hydrogen (secondary N) is 2. The Kier molecular flexibility index (Phi) is 6.95.